The molecule has 1 amide bonds. The summed E-state index contributed by atoms with van der Waals surface area (Å²) in [6.07, 6.45) is 3.26. The number of carbonyl (C=O) groups excluding carboxylic acids is 1. The lowest BCUT2D eigenvalue weighted by Crippen LogP contribution is -2.40. The Balaban J connectivity index is 2.31. The molecule has 3 N–H and O–H groups in total. The van der Waals surface area contributed by atoms with Gasteiger partial charge in [0.2, 0.25) is 0 Å². The molecule has 0 heterocycles. The lowest BCUT2D eigenvalue weighted by molar-refractivity contribution is -0.161. The summed E-state index contributed by atoms with van der Waals surface area (Å²) in [5.74, 6) is -2.45. The minimum Gasteiger partial charge on any atom is -0.480 e. The molecular formula is C20H29NO6. The van der Waals surface area contributed by atoms with Crippen LogP contribution in [0.15, 0.2) is 24.3 Å². The van der Waals surface area contributed by atoms with Gasteiger partial charge in [0.15, 0.2) is 5.60 Å². The van der Waals surface area contributed by atoms with E-state index in [0.29, 0.717) is 31.4 Å². The summed E-state index contributed by atoms with van der Waals surface area (Å²) in [7, 11) is 0. The minimum absolute atomic E-state index is 0.339. The van der Waals surface area contributed by atoms with Crippen molar-refractivity contribution in [1.82, 2.24) is 5.32 Å². The van der Waals surface area contributed by atoms with Crippen molar-refractivity contribution >= 4 is 17.8 Å². The molecule has 27 heavy (non-hydrogen) atoms. The maximum Gasteiger partial charge on any atom is 0.335 e. The molecule has 0 aliphatic heterocycles. The molecule has 0 aliphatic rings. The zero-order chi connectivity index (χ0) is 20.4. The van der Waals surface area contributed by atoms with Crippen LogP contribution in [-0.4, -0.2) is 46.3 Å². The van der Waals surface area contributed by atoms with Gasteiger partial charge in [0, 0.05) is 12.2 Å². The largest absolute Gasteiger partial charge is 0.480 e. The molecule has 0 saturated carbocycles. The van der Waals surface area contributed by atoms with E-state index in [2.05, 4.69) is 5.32 Å². The summed E-state index contributed by atoms with van der Waals surface area (Å²) < 4.78 is 5.32. The highest BCUT2D eigenvalue weighted by Gasteiger charge is 2.27. The number of rotatable bonds is 12. The van der Waals surface area contributed by atoms with Crippen LogP contribution in [0.2, 0.25) is 0 Å². The summed E-state index contributed by atoms with van der Waals surface area (Å²) in [5, 5.41) is 20.8. The second-order valence-corrected chi connectivity index (χ2v) is 7.10. The average molecular weight is 379 g/mol. The van der Waals surface area contributed by atoms with Crippen molar-refractivity contribution in [2.75, 3.05) is 6.61 Å². The molecule has 7 nitrogen and oxygen atoms in total. The fourth-order valence-corrected chi connectivity index (χ4v) is 2.40. The van der Waals surface area contributed by atoms with E-state index in [1.54, 1.807) is 24.3 Å². The van der Waals surface area contributed by atoms with E-state index in [0.717, 1.165) is 18.4 Å². The number of unbranched alkanes of at least 4 members (excludes halogenated alkanes) is 3. The van der Waals surface area contributed by atoms with Gasteiger partial charge >= 0.3 is 11.9 Å². The van der Waals surface area contributed by atoms with Crippen LogP contribution in [0.3, 0.4) is 0 Å². The monoisotopic (exact) mass is 379 g/mol. The predicted octanol–water partition coefficient (Wildman–Crippen LogP) is 3.01. The van der Waals surface area contributed by atoms with Crippen molar-refractivity contribution in [1.29, 1.82) is 0 Å². The number of ether oxygens (including phenoxy) is 1. The van der Waals surface area contributed by atoms with Gasteiger partial charge in [-0.25, -0.2) is 9.59 Å². The Kier molecular flexibility index (Phi) is 8.94. The van der Waals surface area contributed by atoms with E-state index in [9.17, 15) is 19.5 Å². The van der Waals surface area contributed by atoms with E-state index in [4.69, 9.17) is 9.84 Å². The molecule has 0 fully saturated rings. The highest BCUT2D eigenvalue weighted by atomic mass is 16.5. The Hall–Kier alpha value is -2.41. The number of hydrogen-bond donors (Lipinski definition) is 3. The molecule has 0 spiro atoms. The van der Waals surface area contributed by atoms with Crippen LogP contribution >= 0.6 is 0 Å². The van der Waals surface area contributed by atoms with Crippen molar-refractivity contribution in [3.05, 3.63) is 35.4 Å². The van der Waals surface area contributed by atoms with Crippen molar-refractivity contribution in [2.45, 2.75) is 64.5 Å². The van der Waals surface area contributed by atoms with E-state index in [1.165, 1.54) is 13.8 Å². The van der Waals surface area contributed by atoms with Crippen LogP contribution in [0.5, 0.6) is 0 Å². The number of carbonyl (C=O) groups is 3. The van der Waals surface area contributed by atoms with Gasteiger partial charge in [-0.3, -0.25) is 4.79 Å². The number of nitrogens with one attached hydrogen (secondary N) is 1. The van der Waals surface area contributed by atoms with Crippen LogP contribution in [0.4, 0.5) is 0 Å². The van der Waals surface area contributed by atoms with Gasteiger partial charge in [0.1, 0.15) is 6.04 Å². The lowest BCUT2D eigenvalue weighted by Gasteiger charge is -2.19. The van der Waals surface area contributed by atoms with Crippen LogP contribution in [0.25, 0.3) is 0 Å². The van der Waals surface area contributed by atoms with Gasteiger partial charge < -0.3 is 20.3 Å². The third-order valence-corrected chi connectivity index (χ3v) is 4.28. The Bertz CT molecular complexity index is 638. The first-order valence-electron chi connectivity index (χ1n) is 9.11. The Morgan fingerprint density at radius 1 is 1.04 bits per heavy atom. The molecule has 7 heteroatoms. The maximum absolute atomic E-state index is 12.2. The molecule has 150 valence electrons. The fourth-order valence-electron chi connectivity index (χ4n) is 2.40. The van der Waals surface area contributed by atoms with Gasteiger partial charge in [-0.2, -0.15) is 0 Å². The van der Waals surface area contributed by atoms with Gasteiger partial charge in [-0.15, -0.1) is 0 Å². The van der Waals surface area contributed by atoms with E-state index in [-0.39, 0.29) is 0 Å². The third-order valence-electron chi connectivity index (χ3n) is 4.28. The number of carboxylic acid groups (broad SMARTS) is 2. The molecule has 1 aromatic rings. The first-order valence-corrected chi connectivity index (χ1v) is 9.11. The predicted molar refractivity (Wildman–Crippen MR) is 101 cm³/mol. The number of benzene rings is 1. The van der Waals surface area contributed by atoms with Crippen LogP contribution in [0.1, 0.15) is 61.9 Å². The Morgan fingerprint density at radius 2 is 1.63 bits per heavy atom. The molecule has 0 radical (unpaired) electrons. The zero-order valence-corrected chi connectivity index (χ0v) is 16.2. The summed E-state index contributed by atoms with van der Waals surface area (Å²) >= 11 is 0. The molecular weight excluding hydrogens is 350 g/mol. The quantitative estimate of drug-likeness (QED) is 0.481. The average Bonchev–Trinajstić information content (AvgIpc) is 2.59. The molecule has 1 atom stereocenters. The second kappa shape index (κ2) is 10.7. The Morgan fingerprint density at radius 3 is 2.19 bits per heavy atom. The number of hydrogen-bond acceptors (Lipinski definition) is 4. The Labute approximate surface area is 159 Å². The summed E-state index contributed by atoms with van der Waals surface area (Å²) in [5.41, 5.74) is 0.261. The molecule has 1 aromatic carbocycles. The standard InChI is InChI=1S/C20H29NO6/c1-14-9-11-15(12-10-14)17(22)21-16(18(23)24)8-6-4-5-7-13-27-20(2,3)19(25)26/h9-12,16H,4-8,13H2,1-3H3,(H,21,22)(H,23,24)(H,25,26). The first kappa shape index (κ1) is 22.6. The topological polar surface area (TPSA) is 113 Å². The second-order valence-electron chi connectivity index (χ2n) is 7.10. The number of carboxylic acids is 2. The lowest BCUT2D eigenvalue weighted by atomic mass is 10.1. The van der Waals surface area contributed by atoms with E-state index in [1.807, 2.05) is 6.92 Å². The molecule has 0 bridgehead atoms. The minimum atomic E-state index is -1.20. The number of aryl methyl sites for hydroxylation is 1. The van der Waals surface area contributed by atoms with Crippen LogP contribution in [0, 0.1) is 6.92 Å². The SMILES string of the molecule is Cc1ccc(C(=O)NC(CCCCCCOC(C)(C)C(=O)O)C(=O)O)cc1. The van der Waals surface area contributed by atoms with Crippen LogP contribution < -0.4 is 5.32 Å². The van der Waals surface area contributed by atoms with E-state index >= 15 is 0 Å². The summed E-state index contributed by atoms with van der Waals surface area (Å²) in [6.45, 7) is 5.26. The van der Waals surface area contributed by atoms with Crippen molar-refractivity contribution in [3.63, 3.8) is 0 Å². The van der Waals surface area contributed by atoms with Crippen LogP contribution in [-0.2, 0) is 14.3 Å². The van der Waals surface area contributed by atoms with Gasteiger partial charge in [-0.1, -0.05) is 37.0 Å². The zero-order valence-electron chi connectivity index (χ0n) is 16.2. The first-order chi connectivity index (χ1) is 12.6. The summed E-state index contributed by atoms with van der Waals surface area (Å²) in [4.78, 5) is 34.4. The molecule has 1 unspecified atom stereocenters. The molecule has 0 aliphatic carbocycles. The molecule has 1 rings (SSSR count). The smallest absolute Gasteiger partial charge is 0.335 e. The summed E-state index contributed by atoms with van der Waals surface area (Å²) in [6, 6.07) is 6.02. The third kappa shape index (κ3) is 8.21. The fraction of sp³-hybridized carbons (Fsp3) is 0.550. The molecule has 0 saturated heterocycles. The normalized spacial score (nSPS) is 12.4. The maximum atomic E-state index is 12.2. The number of aliphatic carboxylic acids is 2. The molecule has 0 aromatic heterocycles. The highest BCUT2D eigenvalue weighted by molar-refractivity contribution is 5.96. The van der Waals surface area contributed by atoms with E-state index < -0.39 is 29.5 Å². The van der Waals surface area contributed by atoms with Gasteiger partial charge in [0.25, 0.3) is 5.91 Å². The van der Waals surface area contributed by atoms with Gasteiger partial charge in [-0.05, 0) is 45.7 Å². The van der Waals surface area contributed by atoms with Crippen molar-refractivity contribution < 1.29 is 29.3 Å². The highest BCUT2D eigenvalue weighted by Crippen LogP contribution is 2.12. The number of amides is 1. The van der Waals surface area contributed by atoms with Crippen molar-refractivity contribution in [3.8, 4) is 0 Å². The van der Waals surface area contributed by atoms with Gasteiger partial charge in [0.05, 0.1) is 0 Å². The van der Waals surface area contributed by atoms with Crippen molar-refractivity contribution in [2.24, 2.45) is 0 Å².